The van der Waals surface area contributed by atoms with E-state index in [-0.39, 0.29) is 19.8 Å². The lowest BCUT2D eigenvalue weighted by Crippen LogP contribution is -2.62. The predicted octanol–water partition coefficient (Wildman–Crippen LogP) is 4.87. The van der Waals surface area contributed by atoms with E-state index in [2.05, 4.69) is 0 Å². The Kier molecular flexibility index (Phi) is 11.0. The minimum Gasteiger partial charge on any atom is -0.385 e. The van der Waals surface area contributed by atoms with E-state index >= 15 is 0 Å². The van der Waals surface area contributed by atoms with Crippen molar-refractivity contribution in [3.8, 4) is 0 Å². The van der Waals surface area contributed by atoms with Crippen molar-refractivity contribution in [2.45, 2.75) is 121 Å². The van der Waals surface area contributed by atoms with Crippen molar-refractivity contribution in [3.63, 3.8) is 0 Å². The molecule has 0 radical (unpaired) electrons. The maximum Gasteiger partial charge on any atom is 0.190 e. The Morgan fingerprint density at radius 3 is 1.68 bits per heavy atom. The van der Waals surface area contributed by atoms with Gasteiger partial charge in [-0.15, -0.1) is 0 Å². The van der Waals surface area contributed by atoms with Gasteiger partial charge in [-0.25, -0.2) is 0 Å². The monoisotopic (exact) mass is 692 g/mol. The van der Waals surface area contributed by atoms with Crippen LogP contribution in [0.15, 0.2) is 91.0 Å². The van der Waals surface area contributed by atoms with Crippen molar-refractivity contribution in [1.29, 1.82) is 0 Å². The molecule has 4 saturated heterocycles. The molecule has 11 heteroatoms. The number of aliphatic hydroxyl groups excluding tert-OH is 1. The lowest BCUT2D eigenvalue weighted by Gasteiger charge is -2.45. The highest BCUT2D eigenvalue weighted by Gasteiger charge is 2.61. The van der Waals surface area contributed by atoms with E-state index in [1.165, 1.54) is 0 Å². The summed E-state index contributed by atoms with van der Waals surface area (Å²) in [4.78, 5) is 0. The van der Waals surface area contributed by atoms with Crippen LogP contribution in [0.5, 0.6) is 0 Å². The van der Waals surface area contributed by atoms with Crippen molar-refractivity contribution in [1.82, 2.24) is 0 Å². The molecule has 0 unspecified atom stereocenters. The third-order valence-electron chi connectivity index (χ3n) is 9.25. The van der Waals surface area contributed by atoms with Crippen molar-refractivity contribution >= 4 is 0 Å². The Morgan fingerprint density at radius 2 is 1.06 bits per heavy atom. The lowest BCUT2D eigenvalue weighted by atomic mass is 9.97. The van der Waals surface area contributed by atoms with Gasteiger partial charge in [0.1, 0.15) is 48.8 Å². The number of aliphatic hydroxyl groups is 1. The van der Waals surface area contributed by atoms with E-state index in [9.17, 15) is 5.11 Å². The average Bonchev–Trinajstić information content (AvgIpc) is 3.61. The van der Waals surface area contributed by atoms with E-state index < -0.39 is 73.0 Å². The van der Waals surface area contributed by atoms with Crippen LogP contribution in [0.3, 0.4) is 0 Å². The van der Waals surface area contributed by atoms with Gasteiger partial charge in [0.05, 0.1) is 33.0 Å². The van der Waals surface area contributed by atoms with Crippen LogP contribution in [-0.4, -0.2) is 91.3 Å². The SMILES string of the molecule is CC1(C)O[C@H]2[C@@H](O1)[C@@H](CO[C@@H]1O[C@H](COCc3ccccc3)[C@@H](OCc3ccccc3)[C@H](OCc3ccccc3)[C@@H]1O)O[C@@H]1OC(C)(C)O[C@@H]12. The molecule has 10 atom stereocenters. The number of fused-ring (bicyclic) bond motifs is 3. The van der Waals surface area contributed by atoms with Gasteiger partial charge in [0, 0.05) is 0 Å². The molecule has 0 spiro atoms. The van der Waals surface area contributed by atoms with Crippen molar-refractivity contribution in [2.24, 2.45) is 0 Å². The number of ether oxygens (including phenoxy) is 10. The van der Waals surface area contributed by atoms with Crippen molar-refractivity contribution < 1.29 is 52.5 Å². The summed E-state index contributed by atoms with van der Waals surface area (Å²) in [5.74, 6) is -1.71. The second-order valence-electron chi connectivity index (χ2n) is 14.1. The Bertz CT molecular complexity index is 1490. The molecule has 3 aromatic rings. The van der Waals surface area contributed by atoms with Crippen LogP contribution < -0.4 is 0 Å². The Hall–Kier alpha value is -2.78. The molecule has 7 rings (SSSR count). The molecular formula is C39H48O11. The first-order valence-electron chi connectivity index (χ1n) is 17.4. The molecule has 0 bridgehead atoms. The zero-order valence-corrected chi connectivity index (χ0v) is 29.0. The fourth-order valence-electron chi connectivity index (χ4n) is 6.98. The van der Waals surface area contributed by atoms with Crippen LogP contribution in [0.25, 0.3) is 0 Å². The molecule has 3 aromatic carbocycles. The van der Waals surface area contributed by atoms with Crippen LogP contribution in [0.2, 0.25) is 0 Å². The fourth-order valence-corrected chi connectivity index (χ4v) is 6.98. The first-order chi connectivity index (χ1) is 24.1. The topological polar surface area (TPSA) is 113 Å². The van der Waals surface area contributed by atoms with Gasteiger partial charge >= 0.3 is 0 Å². The highest BCUT2D eigenvalue weighted by atomic mass is 16.9. The molecule has 50 heavy (non-hydrogen) atoms. The quantitative estimate of drug-likeness (QED) is 0.265. The Morgan fingerprint density at radius 1 is 0.540 bits per heavy atom. The molecular weight excluding hydrogens is 644 g/mol. The zero-order chi connectivity index (χ0) is 34.7. The number of benzene rings is 3. The normalized spacial score (nSPS) is 34.3. The van der Waals surface area contributed by atoms with E-state index in [1.54, 1.807) is 0 Å². The molecule has 1 N–H and O–H groups in total. The van der Waals surface area contributed by atoms with Crippen LogP contribution in [0, 0.1) is 0 Å². The fraction of sp³-hybridized carbons (Fsp3) is 0.538. The second kappa shape index (κ2) is 15.4. The third kappa shape index (κ3) is 8.46. The summed E-state index contributed by atoms with van der Waals surface area (Å²) in [6.45, 7) is 8.52. The number of hydrogen-bond donors (Lipinski definition) is 1. The molecule has 0 aromatic heterocycles. The first kappa shape index (κ1) is 35.6. The van der Waals surface area contributed by atoms with Crippen LogP contribution in [0.4, 0.5) is 0 Å². The summed E-state index contributed by atoms with van der Waals surface area (Å²) in [5.41, 5.74) is 2.97. The summed E-state index contributed by atoms with van der Waals surface area (Å²) >= 11 is 0. The van der Waals surface area contributed by atoms with Crippen LogP contribution in [-0.2, 0) is 67.2 Å². The van der Waals surface area contributed by atoms with E-state index in [4.69, 9.17) is 47.4 Å². The lowest BCUT2D eigenvalue weighted by molar-refractivity contribution is -0.329. The number of hydrogen-bond acceptors (Lipinski definition) is 11. The Labute approximate surface area is 293 Å². The van der Waals surface area contributed by atoms with Crippen molar-refractivity contribution in [3.05, 3.63) is 108 Å². The minimum atomic E-state index is -1.21. The molecule has 4 heterocycles. The van der Waals surface area contributed by atoms with Gasteiger partial charge in [0.25, 0.3) is 0 Å². The largest absolute Gasteiger partial charge is 0.385 e. The molecule has 270 valence electrons. The van der Waals surface area contributed by atoms with Gasteiger partial charge in [-0.05, 0) is 44.4 Å². The van der Waals surface area contributed by atoms with Gasteiger partial charge < -0.3 is 52.5 Å². The van der Waals surface area contributed by atoms with Gasteiger partial charge in [-0.2, -0.15) is 0 Å². The summed E-state index contributed by atoms with van der Waals surface area (Å²) in [6, 6.07) is 29.6. The standard InChI is InChI=1S/C39H48O11/c1-38(2)47-32-29(46-37-35(34(32)48-38)49-39(3,4)50-37)24-44-36-30(40)33(43-22-27-18-12-7-13-19-27)31(42-21-26-16-10-6-11-17-26)28(45-36)23-41-20-25-14-8-5-9-15-25/h5-19,28-37,40H,20-24H2,1-4H3/t28-,29-,30+,31-,32+,33-,34+,35-,36-,37-/m1/s1. The average molecular weight is 693 g/mol. The predicted molar refractivity (Wildman–Crippen MR) is 179 cm³/mol. The first-order valence-corrected chi connectivity index (χ1v) is 17.4. The van der Waals surface area contributed by atoms with Gasteiger partial charge in [0.2, 0.25) is 0 Å². The molecule has 4 aliphatic heterocycles. The smallest absolute Gasteiger partial charge is 0.190 e. The summed E-state index contributed by atoms with van der Waals surface area (Å²) in [5, 5.41) is 11.9. The molecule has 4 aliphatic rings. The Balaban J connectivity index is 1.10. The van der Waals surface area contributed by atoms with Gasteiger partial charge in [-0.3, -0.25) is 0 Å². The molecule has 0 aliphatic carbocycles. The second-order valence-corrected chi connectivity index (χ2v) is 14.1. The van der Waals surface area contributed by atoms with E-state index in [0.717, 1.165) is 16.7 Å². The number of rotatable bonds is 13. The summed E-state index contributed by atoms with van der Waals surface area (Å²) in [7, 11) is 0. The highest BCUT2D eigenvalue weighted by molar-refractivity contribution is 5.15. The maximum atomic E-state index is 11.9. The van der Waals surface area contributed by atoms with Crippen LogP contribution >= 0.6 is 0 Å². The van der Waals surface area contributed by atoms with Gasteiger partial charge in [-0.1, -0.05) is 91.0 Å². The maximum absolute atomic E-state index is 11.9. The third-order valence-corrected chi connectivity index (χ3v) is 9.25. The van der Waals surface area contributed by atoms with Gasteiger partial charge in [0.15, 0.2) is 24.2 Å². The molecule has 11 nitrogen and oxygen atoms in total. The van der Waals surface area contributed by atoms with E-state index in [0.29, 0.717) is 13.2 Å². The molecule has 0 saturated carbocycles. The van der Waals surface area contributed by atoms with E-state index in [1.807, 2.05) is 119 Å². The van der Waals surface area contributed by atoms with Crippen LogP contribution in [0.1, 0.15) is 44.4 Å². The molecule has 0 amide bonds. The zero-order valence-electron chi connectivity index (χ0n) is 29.0. The summed E-state index contributed by atoms with van der Waals surface area (Å²) < 4.78 is 63.2. The summed E-state index contributed by atoms with van der Waals surface area (Å²) in [6.07, 6.45) is -7.11. The minimum absolute atomic E-state index is 0.0217. The van der Waals surface area contributed by atoms with Crippen molar-refractivity contribution in [2.75, 3.05) is 13.2 Å². The molecule has 4 fully saturated rings. The highest BCUT2D eigenvalue weighted by Crippen LogP contribution is 2.44.